The number of rotatable bonds is 14. The summed E-state index contributed by atoms with van der Waals surface area (Å²) in [6, 6.07) is 157. The third-order valence-electron chi connectivity index (χ3n) is 22.5. The third-order valence-corrected chi connectivity index (χ3v) is 22.5. The van der Waals surface area contributed by atoms with E-state index in [1.807, 2.05) is 0 Å². The molecule has 0 fully saturated rings. The van der Waals surface area contributed by atoms with Crippen LogP contribution in [0.1, 0.15) is 0 Å². The lowest BCUT2D eigenvalue weighted by molar-refractivity contribution is 1.21. The van der Waals surface area contributed by atoms with Crippen molar-refractivity contribution in [2.75, 3.05) is 29.4 Å². The molecule has 17 aromatic rings. The summed E-state index contributed by atoms with van der Waals surface area (Å²) in [4.78, 5) is 15.4. The van der Waals surface area contributed by atoms with Gasteiger partial charge in [-0.15, -0.1) is 0 Å². The predicted molar refractivity (Wildman–Crippen MR) is 466 cm³/mol. The van der Waals surface area contributed by atoms with Crippen molar-refractivity contribution in [2.24, 2.45) is 0 Å². The molecule has 4 aliphatic heterocycles. The first kappa shape index (κ1) is 64.1. The Hall–Kier alpha value is -14.3. The highest BCUT2D eigenvalue weighted by Crippen LogP contribution is 2.56. The Morgan fingerprint density at radius 3 is 0.709 bits per heavy atom. The average Bonchev–Trinajstić information content (AvgIpc) is 0.742. The lowest BCUT2D eigenvalue weighted by Gasteiger charge is -2.48. The number of anilines is 18. The van der Waals surface area contributed by atoms with Gasteiger partial charge in [-0.2, -0.15) is 0 Å². The van der Waals surface area contributed by atoms with E-state index in [0.29, 0.717) is 0 Å². The van der Waals surface area contributed by atoms with Crippen LogP contribution in [0.2, 0.25) is 0 Å². The standard InChI is InChI=1S/C102H70B2N6/c1-11-37-71(38-12-1)83-57-35-58-84(72-39-13-2-14-40-72)101(83)105(75-45-19-5-20-46-75)81-65-95-99-97(67-81)109(79-53-27-9-28-54-79)93-70-94-90(69-89(93)103(99)87-61-31-33-63-91(87)107(95)77-49-23-7-24-50-77)104-88-62-32-34-64-92(88)108(78-51-25-8-26-52-78)96-66-82(68-98(100(96)104)110(94)80-55-29-10-30-56-80)106(76-47-21-6-22-48-76)102-85(73-41-15-3-16-42-73)59-36-60-86(102)74-43-17-4-18-44-74/h1-70H. The van der Waals surface area contributed by atoms with Crippen molar-refractivity contribution in [1.29, 1.82) is 0 Å². The molecule has 8 heteroatoms. The third kappa shape index (κ3) is 10.6. The Morgan fingerprint density at radius 1 is 0.173 bits per heavy atom. The van der Waals surface area contributed by atoms with Gasteiger partial charge in [0.15, 0.2) is 0 Å². The quantitative estimate of drug-likeness (QED) is 0.100. The van der Waals surface area contributed by atoms with Crippen molar-refractivity contribution in [1.82, 2.24) is 0 Å². The van der Waals surface area contributed by atoms with Crippen LogP contribution in [0.3, 0.4) is 0 Å². The molecule has 0 aromatic heterocycles. The fourth-order valence-corrected chi connectivity index (χ4v) is 18.0. The second kappa shape index (κ2) is 26.9. The molecule has 6 nitrogen and oxygen atoms in total. The summed E-state index contributed by atoms with van der Waals surface area (Å²) in [7, 11) is 0. The average molecular weight is 1400 g/mol. The van der Waals surface area contributed by atoms with Gasteiger partial charge in [0.05, 0.1) is 22.7 Å². The van der Waals surface area contributed by atoms with Gasteiger partial charge in [0.1, 0.15) is 0 Å². The topological polar surface area (TPSA) is 19.4 Å². The molecule has 4 aliphatic rings. The molecule has 21 rings (SSSR count). The molecule has 0 saturated carbocycles. The van der Waals surface area contributed by atoms with Crippen molar-refractivity contribution >= 4 is 149 Å². The van der Waals surface area contributed by atoms with Gasteiger partial charge < -0.3 is 29.4 Å². The van der Waals surface area contributed by atoms with E-state index in [1.165, 1.54) is 32.8 Å². The van der Waals surface area contributed by atoms with Crippen LogP contribution in [0, 0.1) is 0 Å². The summed E-state index contributed by atoms with van der Waals surface area (Å²) in [5.74, 6) is 0. The van der Waals surface area contributed by atoms with Crippen molar-refractivity contribution in [3.05, 3.63) is 425 Å². The summed E-state index contributed by atoms with van der Waals surface area (Å²) in [5.41, 5.74) is 35.8. The van der Waals surface area contributed by atoms with Gasteiger partial charge >= 0.3 is 0 Å². The molecular weight excluding hydrogens is 1330 g/mol. The molecule has 0 radical (unpaired) electrons. The first-order valence-electron chi connectivity index (χ1n) is 38.0. The molecule has 17 aromatic carbocycles. The van der Waals surface area contributed by atoms with Crippen LogP contribution in [-0.4, -0.2) is 13.4 Å². The van der Waals surface area contributed by atoms with Crippen LogP contribution >= 0.6 is 0 Å². The Kier molecular flexibility index (Phi) is 15.7. The van der Waals surface area contributed by atoms with Gasteiger partial charge in [0, 0.05) is 102 Å². The number of para-hydroxylation sites is 10. The smallest absolute Gasteiger partial charge is 0.252 e. The minimum absolute atomic E-state index is 0.233. The maximum atomic E-state index is 2.65. The molecule has 0 N–H and O–H groups in total. The highest BCUT2D eigenvalue weighted by molar-refractivity contribution is 7.03. The van der Waals surface area contributed by atoms with Crippen molar-refractivity contribution in [2.45, 2.75) is 0 Å². The maximum absolute atomic E-state index is 2.65. The number of benzene rings is 17. The van der Waals surface area contributed by atoms with E-state index in [1.54, 1.807) is 0 Å². The van der Waals surface area contributed by atoms with E-state index >= 15 is 0 Å². The summed E-state index contributed by atoms with van der Waals surface area (Å²) < 4.78 is 0. The Morgan fingerprint density at radius 2 is 0.418 bits per heavy atom. The first-order valence-corrected chi connectivity index (χ1v) is 38.0. The zero-order chi connectivity index (χ0) is 72.6. The molecular formula is C102H70B2N6. The molecule has 110 heavy (non-hydrogen) atoms. The van der Waals surface area contributed by atoms with Crippen LogP contribution in [0.25, 0.3) is 44.5 Å². The largest absolute Gasteiger partial charge is 0.311 e. The molecule has 0 spiro atoms. The van der Waals surface area contributed by atoms with Gasteiger partial charge in [0.2, 0.25) is 0 Å². The predicted octanol–water partition coefficient (Wildman–Crippen LogP) is 23.5. The Labute approximate surface area is 643 Å². The van der Waals surface area contributed by atoms with E-state index < -0.39 is 0 Å². The number of fused-ring (bicyclic) bond motifs is 8. The number of hydrogen-bond acceptors (Lipinski definition) is 6. The van der Waals surface area contributed by atoms with Crippen molar-refractivity contribution in [3.63, 3.8) is 0 Å². The molecule has 0 bridgehead atoms. The second-order valence-electron chi connectivity index (χ2n) is 28.6. The van der Waals surface area contributed by atoms with Crippen LogP contribution in [-0.2, 0) is 0 Å². The van der Waals surface area contributed by atoms with Crippen molar-refractivity contribution in [3.8, 4) is 44.5 Å². The highest BCUT2D eigenvalue weighted by atomic mass is 15.2. The van der Waals surface area contributed by atoms with Crippen molar-refractivity contribution < 1.29 is 0 Å². The van der Waals surface area contributed by atoms with Gasteiger partial charge in [-0.3, -0.25) is 0 Å². The van der Waals surface area contributed by atoms with Crippen LogP contribution in [0.5, 0.6) is 0 Å². The highest BCUT2D eigenvalue weighted by Gasteiger charge is 2.49. The van der Waals surface area contributed by atoms with Gasteiger partial charge in [-0.05, 0) is 170 Å². The van der Waals surface area contributed by atoms with Crippen LogP contribution < -0.4 is 62.2 Å². The number of nitrogens with zero attached hydrogens (tertiary/aromatic N) is 6. The SMILES string of the molecule is c1ccc(-c2cccc(-c3ccccc3)c2N(c2ccccc2)c2cc3c4c(c2)N(c2ccccc2)c2cc5c(cc2B4c2ccccc2N3c2ccccc2)B2c3ccccc3N(c3ccccc3)c3cc(N(c4ccccc4)c4c(-c6ccccc6)cccc4-c4ccccc4)cc(c32)N5c2ccccc2)cc1. The molecule has 0 saturated heterocycles. The zero-order valence-corrected chi connectivity index (χ0v) is 60.3. The van der Waals surface area contributed by atoms with E-state index in [4.69, 9.17) is 0 Å². The lowest BCUT2D eigenvalue weighted by atomic mass is 9.30. The van der Waals surface area contributed by atoms with Crippen LogP contribution in [0.4, 0.5) is 102 Å². The molecule has 514 valence electrons. The molecule has 0 aliphatic carbocycles. The van der Waals surface area contributed by atoms with Crippen LogP contribution in [0.15, 0.2) is 425 Å². The summed E-state index contributed by atoms with van der Waals surface area (Å²) in [6.45, 7) is -0.466. The molecule has 4 heterocycles. The summed E-state index contributed by atoms with van der Waals surface area (Å²) in [5, 5.41) is 0. The minimum Gasteiger partial charge on any atom is -0.311 e. The lowest BCUT2D eigenvalue weighted by Crippen LogP contribution is -2.65. The van der Waals surface area contributed by atoms with E-state index in [9.17, 15) is 0 Å². The van der Waals surface area contributed by atoms with Gasteiger partial charge in [-0.25, -0.2) is 0 Å². The second-order valence-corrected chi connectivity index (χ2v) is 28.6. The molecule has 0 amide bonds. The van der Waals surface area contributed by atoms with E-state index in [0.717, 1.165) is 147 Å². The molecule has 0 unspecified atom stereocenters. The Bertz CT molecular complexity index is 5800. The van der Waals surface area contributed by atoms with Gasteiger partial charge in [0.25, 0.3) is 13.4 Å². The summed E-state index contributed by atoms with van der Waals surface area (Å²) >= 11 is 0. The normalized spacial score (nSPS) is 12.6. The summed E-state index contributed by atoms with van der Waals surface area (Å²) in [6.07, 6.45) is 0. The maximum Gasteiger partial charge on any atom is 0.252 e. The molecule has 0 atom stereocenters. The van der Waals surface area contributed by atoms with E-state index in [2.05, 4.69) is 454 Å². The van der Waals surface area contributed by atoms with E-state index in [-0.39, 0.29) is 13.4 Å². The fourth-order valence-electron chi connectivity index (χ4n) is 18.0. The monoisotopic (exact) mass is 1400 g/mol. The first-order chi connectivity index (χ1) is 54.7. The Balaban J connectivity index is 0.881. The number of hydrogen-bond donors (Lipinski definition) is 0. The minimum atomic E-state index is -0.233. The van der Waals surface area contributed by atoms with Gasteiger partial charge in [-0.1, -0.05) is 309 Å². The zero-order valence-electron chi connectivity index (χ0n) is 60.3. The fraction of sp³-hybridized carbons (Fsp3) is 0.